The Morgan fingerprint density at radius 3 is 2.65 bits per heavy atom. The maximum absolute atomic E-state index is 5.99. The molecule has 3 nitrogen and oxygen atoms in total. The van der Waals surface area contributed by atoms with Crippen LogP contribution in [0.3, 0.4) is 0 Å². The lowest BCUT2D eigenvalue weighted by Gasteiger charge is -2.05. The van der Waals surface area contributed by atoms with Crippen molar-refractivity contribution in [1.29, 1.82) is 0 Å². The zero-order valence-corrected chi connectivity index (χ0v) is 10.8. The van der Waals surface area contributed by atoms with Gasteiger partial charge in [0.25, 0.3) is 0 Å². The van der Waals surface area contributed by atoms with E-state index in [0.717, 1.165) is 4.90 Å². The topological polar surface area (TPSA) is 64.1 Å². The number of benzene rings is 1. The maximum atomic E-state index is 5.99. The van der Waals surface area contributed by atoms with Crippen LogP contribution >= 0.6 is 23.5 Å². The van der Waals surface area contributed by atoms with Gasteiger partial charge in [-0.2, -0.15) is 0 Å². The van der Waals surface area contributed by atoms with Gasteiger partial charge in [-0.1, -0.05) is 30.3 Å². The molecule has 0 fully saturated rings. The van der Waals surface area contributed by atoms with Crippen molar-refractivity contribution in [1.82, 2.24) is 4.72 Å². The molecule has 0 amide bonds. The first-order valence-electron chi connectivity index (χ1n) is 4.86. The van der Waals surface area contributed by atoms with E-state index >= 15 is 0 Å². The average molecular weight is 268 g/mol. The van der Waals surface area contributed by atoms with E-state index in [1.807, 2.05) is 24.3 Å². The number of halogens is 1. The van der Waals surface area contributed by atoms with Crippen LogP contribution in [-0.4, -0.2) is 0 Å². The molecule has 0 spiro atoms. The Kier molecular flexibility index (Phi) is 5.52. The Balaban J connectivity index is 2.57. The largest absolute Gasteiger partial charge is 0.399 e. The molecule has 0 atom stereocenters. The van der Waals surface area contributed by atoms with Gasteiger partial charge in [0.05, 0.1) is 5.02 Å². The molecular formula is C12H14ClN3S. The highest BCUT2D eigenvalue weighted by Gasteiger charge is 1.98. The summed E-state index contributed by atoms with van der Waals surface area (Å²) in [6, 6.07) is 7.51. The van der Waals surface area contributed by atoms with Gasteiger partial charge >= 0.3 is 0 Å². The predicted octanol–water partition coefficient (Wildman–Crippen LogP) is 2.77. The van der Waals surface area contributed by atoms with Gasteiger partial charge in [-0.05, 0) is 42.3 Å². The fourth-order valence-corrected chi connectivity index (χ4v) is 1.79. The second kappa shape index (κ2) is 6.93. The molecule has 0 aliphatic rings. The summed E-state index contributed by atoms with van der Waals surface area (Å²) in [7, 11) is 0. The standard InChI is InChI=1S/C12H14ClN3S/c1-2-9(14)7-8-12(15)16-17-11-6-4-3-5-10(11)13/h2-8,16H,1,14-15H2/b9-7-,12-8+. The lowest BCUT2D eigenvalue weighted by molar-refractivity contribution is 1.15. The molecule has 0 saturated heterocycles. The molecule has 0 unspecified atom stereocenters. The molecule has 0 aromatic heterocycles. The molecule has 1 rings (SSSR count). The quantitative estimate of drug-likeness (QED) is 0.567. The zero-order chi connectivity index (χ0) is 12.7. The van der Waals surface area contributed by atoms with Crippen LogP contribution in [0.15, 0.2) is 65.5 Å². The van der Waals surface area contributed by atoms with Crippen molar-refractivity contribution in [3.05, 3.63) is 65.6 Å². The fraction of sp³-hybridized carbons (Fsp3) is 0. The molecule has 1 aromatic carbocycles. The summed E-state index contributed by atoms with van der Waals surface area (Å²) < 4.78 is 2.96. The number of allylic oxidation sites excluding steroid dienone is 3. The first kappa shape index (κ1) is 13.5. The second-order valence-electron chi connectivity index (χ2n) is 3.13. The molecule has 5 N–H and O–H groups in total. The molecule has 0 radical (unpaired) electrons. The highest BCUT2D eigenvalue weighted by Crippen LogP contribution is 2.24. The number of hydrogen-bond donors (Lipinski definition) is 3. The summed E-state index contributed by atoms with van der Waals surface area (Å²) in [4.78, 5) is 0.909. The molecule has 0 aliphatic carbocycles. The minimum atomic E-state index is 0.486. The summed E-state index contributed by atoms with van der Waals surface area (Å²) in [6.07, 6.45) is 4.88. The lowest BCUT2D eigenvalue weighted by Crippen LogP contribution is -2.12. The molecule has 1 aromatic rings. The highest BCUT2D eigenvalue weighted by molar-refractivity contribution is 7.97. The Labute approximate surface area is 110 Å². The van der Waals surface area contributed by atoms with E-state index in [-0.39, 0.29) is 0 Å². The Morgan fingerprint density at radius 2 is 2.00 bits per heavy atom. The van der Waals surface area contributed by atoms with Gasteiger partial charge in [-0.3, -0.25) is 0 Å². The van der Waals surface area contributed by atoms with Gasteiger partial charge in [-0.25, -0.2) is 0 Å². The van der Waals surface area contributed by atoms with Crippen molar-refractivity contribution >= 4 is 23.5 Å². The van der Waals surface area contributed by atoms with E-state index in [4.69, 9.17) is 23.1 Å². The van der Waals surface area contributed by atoms with E-state index in [2.05, 4.69) is 11.3 Å². The summed E-state index contributed by atoms with van der Waals surface area (Å²) in [5, 5.41) is 0.680. The lowest BCUT2D eigenvalue weighted by atomic mass is 10.4. The minimum absolute atomic E-state index is 0.486. The zero-order valence-electron chi connectivity index (χ0n) is 9.19. The molecule has 0 bridgehead atoms. The first-order chi connectivity index (χ1) is 8.13. The van der Waals surface area contributed by atoms with E-state index in [1.165, 1.54) is 11.9 Å². The van der Waals surface area contributed by atoms with Gasteiger partial charge in [0.1, 0.15) is 5.82 Å². The summed E-state index contributed by atoms with van der Waals surface area (Å²) in [5.74, 6) is 0.486. The van der Waals surface area contributed by atoms with E-state index in [1.54, 1.807) is 18.2 Å². The Bertz CT molecular complexity index is 455. The highest BCUT2D eigenvalue weighted by atomic mass is 35.5. The molecule has 0 aliphatic heterocycles. The Hall–Kier alpha value is -1.52. The number of nitrogens with one attached hydrogen (secondary N) is 1. The van der Waals surface area contributed by atoms with E-state index in [9.17, 15) is 0 Å². The van der Waals surface area contributed by atoms with Crippen LogP contribution in [0, 0.1) is 0 Å². The van der Waals surface area contributed by atoms with Crippen LogP contribution < -0.4 is 16.2 Å². The fourth-order valence-electron chi connectivity index (χ4n) is 0.929. The molecule has 0 saturated carbocycles. The average Bonchev–Trinajstić information content (AvgIpc) is 2.35. The van der Waals surface area contributed by atoms with Crippen molar-refractivity contribution in [2.45, 2.75) is 4.90 Å². The SMILES string of the molecule is C=C/C(N)=C/C=C(\N)NSc1ccccc1Cl. The van der Waals surface area contributed by atoms with Crippen LogP contribution in [0.5, 0.6) is 0 Å². The van der Waals surface area contributed by atoms with Crippen molar-refractivity contribution < 1.29 is 0 Å². The smallest absolute Gasteiger partial charge is 0.106 e. The number of hydrogen-bond acceptors (Lipinski definition) is 4. The van der Waals surface area contributed by atoms with Gasteiger partial charge in [0.2, 0.25) is 0 Å². The number of rotatable bonds is 5. The van der Waals surface area contributed by atoms with Crippen LogP contribution in [0.4, 0.5) is 0 Å². The second-order valence-corrected chi connectivity index (χ2v) is 4.38. The van der Waals surface area contributed by atoms with Gasteiger partial charge in [0.15, 0.2) is 0 Å². The summed E-state index contributed by atoms with van der Waals surface area (Å²) in [5.41, 5.74) is 11.8. The first-order valence-corrected chi connectivity index (χ1v) is 6.05. The third kappa shape index (κ3) is 4.89. The van der Waals surface area contributed by atoms with Crippen molar-refractivity contribution in [3.63, 3.8) is 0 Å². The van der Waals surface area contributed by atoms with Gasteiger partial charge in [-0.15, -0.1) is 0 Å². The monoisotopic (exact) mass is 267 g/mol. The predicted molar refractivity (Wildman–Crippen MR) is 75.2 cm³/mol. The van der Waals surface area contributed by atoms with E-state index in [0.29, 0.717) is 16.5 Å². The summed E-state index contributed by atoms with van der Waals surface area (Å²) >= 11 is 7.33. The van der Waals surface area contributed by atoms with Crippen LogP contribution in [-0.2, 0) is 0 Å². The van der Waals surface area contributed by atoms with Crippen LogP contribution in [0.25, 0.3) is 0 Å². The maximum Gasteiger partial charge on any atom is 0.106 e. The van der Waals surface area contributed by atoms with Crippen LogP contribution in [0.2, 0.25) is 5.02 Å². The third-order valence-corrected chi connectivity index (χ3v) is 3.16. The third-order valence-electron chi connectivity index (χ3n) is 1.81. The molecule has 17 heavy (non-hydrogen) atoms. The molecular weight excluding hydrogens is 254 g/mol. The van der Waals surface area contributed by atoms with Crippen molar-refractivity contribution in [2.75, 3.05) is 0 Å². The van der Waals surface area contributed by atoms with Gasteiger partial charge < -0.3 is 16.2 Å². The molecule has 90 valence electrons. The van der Waals surface area contributed by atoms with E-state index < -0.39 is 0 Å². The number of nitrogens with two attached hydrogens (primary N) is 2. The van der Waals surface area contributed by atoms with Crippen molar-refractivity contribution in [2.24, 2.45) is 11.5 Å². The van der Waals surface area contributed by atoms with Crippen molar-refractivity contribution in [3.8, 4) is 0 Å². The van der Waals surface area contributed by atoms with Gasteiger partial charge in [0, 0.05) is 10.6 Å². The minimum Gasteiger partial charge on any atom is -0.399 e. The normalized spacial score (nSPS) is 12.3. The Morgan fingerprint density at radius 1 is 1.29 bits per heavy atom. The van der Waals surface area contributed by atoms with Crippen LogP contribution in [0.1, 0.15) is 0 Å². The molecule has 0 heterocycles. The summed E-state index contributed by atoms with van der Waals surface area (Å²) in [6.45, 7) is 3.54. The molecule has 5 heteroatoms.